The van der Waals surface area contributed by atoms with E-state index in [1.54, 1.807) is 23.1 Å². The number of halogens is 1. The number of aromatic nitrogens is 3. The summed E-state index contributed by atoms with van der Waals surface area (Å²) in [5, 5.41) is 7.86. The van der Waals surface area contributed by atoms with E-state index < -0.39 is 5.41 Å². The molecule has 2 aromatic carbocycles. The van der Waals surface area contributed by atoms with E-state index in [4.69, 9.17) is 11.6 Å². The molecule has 26 heavy (non-hydrogen) atoms. The largest absolute Gasteiger partial charge is 0.351 e. The highest BCUT2D eigenvalue weighted by molar-refractivity contribution is 6.30. The number of carbonyl (C=O) groups is 1. The first-order chi connectivity index (χ1) is 12.5. The summed E-state index contributed by atoms with van der Waals surface area (Å²) >= 11 is 5.95. The number of rotatable bonds is 6. The van der Waals surface area contributed by atoms with Gasteiger partial charge in [-0.2, -0.15) is 5.10 Å². The molecule has 0 bridgehead atoms. The van der Waals surface area contributed by atoms with Crippen molar-refractivity contribution in [1.82, 2.24) is 20.1 Å². The van der Waals surface area contributed by atoms with Crippen LogP contribution in [0.1, 0.15) is 30.5 Å². The molecule has 0 aliphatic heterocycles. The second kappa shape index (κ2) is 7.70. The summed E-state index contributed by atoms with van der Waals surface area (Å²) in [7, 11) is 0. The summed E-state index contributed by atoms with van der Waals surface area (Å²) in [6.45, 7) is 4.90. The monoisotopic (exact) mass is 368 g/mol. The van der Waals surface area contributed by atoms with Gasteiger partial charge in [-0.15, -0.1) is 0 Å². The number of nitrogens with one attached hydrogen (secondary N) is 1. The second-order valence-corrected chi connectivity index (χ2v) is 7.11. The fourth-order valence-electron chi connectivity index (χ4n) is 2.77. The van der Waals surface area contributed by atoms with Crippen molar-refractivity contribution in [3.63, 3.8) is 0 Å². The number of hydrogen-bond acceptors (Lipinski definition) is 3. The zero-order valence-corrected chi connectivity index (χ0v) is 15.6. The van der Waals surface area contributed by atoms with Gasteiger partial charge in [0, 0.05) is 11.6 Å². The molecular weight excluding hydrogens is 348 g/mol. The number of carbonyl (C=O) groups excluding carboxylic acids is 1. The third-order valence-corrected chi connectivity index (χ3v) is 4.74. The topological polar surface area (TPSA) is 59.8 Å². The SMILES string of the molecule is CC(C)(C(=O)NCc1ccccc1Cn1cncn1)c1ccc(Cl)cc1. The Morgan fingerprint density at radius 2 is 1.81 bits per heavy atom. The van der Waals surface area contributed by atoms with Crippen molar-refractivity contribution < 1.29 is 4.79 Å². The summed E-state index contributed by atoms with van der Waals surface area (Å²) in [4.78, 5) is 16.7. The molecule has 1 amide bonds. The first-order valence-electron chi connectivity index (χ1n) is 8.40. The molecule has 0 saturated heterocycles. The Morgan fingerprint density at radius 3 is 2.46 bits per heavy atom. The predicted octanol–water partition coefficient (Wildman–Crippen LogP) is 3.57. The first-order valence-corrected chi connectivity index (χ1v) is 8.78. The Hall–Kier alpha value is -2.66. The van der Waals surface area contributed by atoms with Crippen molar-refractivity contribution in [2.75, 3.05) is 0 Å². The highest BCUT2D eigenvalue weighted by Gasteiger charge is 2.29. The molecule has 1 heterocycles. The van der Waals surface area contributed by atoms with E-state index in [9.17, 15) is 4.79 Å². The van der Waals surface area contributed by atoms with Crippen molar-refractivity contribution in [2.45, 2.75) is 32.4 Å². The lowest BCUT2D eigenvalue weighted by Gasteiger charge is -2.24. The van der Waals surface area contributed by atoms with Gasteiger partial charge < -0.3 is 5.32 Å². The van der Waals surface area contributed by atoms with Crippen LogP contribution >= 0.6 is 11.6 Å². The molecule has 0 aliphatic carbocycles. The molecule has 3 aromatic rings. The van der Waals surface area contributed by atoms with Gasteiger partial charge in [0.15, 0.2) is 0 Å². The van der Waals surface area contributed by atoms with Crippen LogP contribution in [0.25, 0.3) is 0 Å². The van der Waals surface area contributed by atoms with Crippen LogP contribution in [0.2, 0.25) is 5.02 Å². The number of nitrogens with zero attached hydrogens (tertiary/aromatic N) is 3. The molecule has 6 heteroatoms. The van der Waals surface area contributed by atoms with Crippen LogP contribution in [0, 0.1) is 0 Å². The van der Waals surface area contributed by atoms with E-state index in [1.807, 2.05) is 50.2 Å². The summed E-state index contributed by atoms with van der Waals surface area (Å²) in [6.07, 6.45) is 3.19. The Balaban J connectivity index is 1.70. The van der Waals surface area contributed by atoms with Gasteiger partial charge in [0.25, 0.3) is 0 Å². The highest BCUT2D eigenvalue weighted by Crippen LogP contribution is 2.25. The molecule has 0 aliphatic rings. The molecule has 0 atom stereocenters. The average Bonchev–Trinajstić information content (AvgIpc) is 3.14. The Labute approximate surface area is 158 Å². The Bertz CT molecular complexity index is 873. The summed E-state index contributed by atoms with van der Waals surface area (Å²) in [5.74, 6) is -0.0321. The molecule has 134 valence electrons. The van der Waals surface area contributed by atoms with Gasteiger partial charge in [0.05, 0.1) is 12.0 Å². The van der Waals surface area contributed by atoms with Gasteiger partial charge >= 0.3 is 0 Å². The van der Waals surface area contributed by atoms with Crippen LogP contribution in [0.3, 0.4) is 0 Å². The molecule has 1 aromatic heterocycles. The lowest BCUT2D eigenvalue weighted by Crippen LogP contribution is -2.39. The van der Waals surface area contributed by atoms with Crippen LogP contribution in [0.5, 0.6) is 0 Å². The minimum Gasteiger partial charge on any atom is -0.351 e. The normalized spacial score (nSPS) is 11.3. The number of amides is 1. The lowest BCUT2D eigenvalue weighted by molar-refractivity contribution is -0.125. The molecule has 3 rings (SSSR count). The summed E-state index contributed by atoms with van der Waals surface area (Å²) in [6, 6.07) is 15.4. The summed E-state index contributed by atoms with van der Waals surface area (Å²) in [5.41, 5.74) is 2.44. The molecule has 0 saturated carbocycles. The van der Waals surface area contributed by atoms with Crippen molar-refractivity contribution >= 4 is 17.5 Å². The van der Waals surface area contributed by atoms with E-state index in [2.05, 4.69) is 15.4 Å². The average molecular weight is 369 g/mol. The van der Waals surface area contributed by atoms with E-state index >= 15 is 0 Å². The number of benzene rings is 2. The molecule has 1 N–H and O–H groups in total. The van der Waals surface area contributed by atoms with Crippen molar-refractivity contribution in [3.05, 3.63) is 82.9 Å². The van der Waals surface area contributed by atoms with Gasteiger partial charge in [-0.25, -0.2) is 9.67 Å². The fraction of sp³-hybridized carbons (Fsp3) is 0.250. The van der Waals surface area contributed by atoms with Crippen molar-refractivity contribution in [1.29, 1.82) is 0 Å². The maximum atomic E-state index is 12.8. The van der Waals surface area contributed by atoms with Gasteiger partial charge in [0.2, 0.25) is 5.91 Å². The van der Waals surface area contributed by atoms with Crippen LogP contribution in [-0.2, 0) is 23.3 Å². The predicted molar refractivity (Wildman–Crippen MR) is 102 cm³/mol. The van der Waals surface area contributed by atoms with Crippen LogP contribution in [0.4, 0.5) is 0 Å². The molecule has 0 spiro atoms. The summed E-state index contributed by atoms with van der Waals surface area (Å²) < 4.78 is 1.76. The zero-order chi connectivity index (χ0) is 18.6. The van der Waals surface area contributed by atoms with Crippen LogP contribution < -0.4 is 5.32 Å². The van der Waals surface area contributed by atoms with E-state index in [1.165, 1.54) is 6.33 Å². The Kier molecular flexibility index (Phi) is 5.38. The third-order valence-electron chi connectivity index (χ3n) is 4.49. The number of hydrogen-bond donors (Lipinski definition) is 1. The maximum absolute atomic E-state index is 12.8. The minimum atomic E-state index is -0.647. The zero-order valence-electron chi connectivity index (χ0n) is 14.8. The molecular formula is C20H21ClN4O. The van der Waals surface area contributed by atoms with Crippen molar-refractivity contribution in [3.8, 4) is 0 Å². The smallest absolute Gasteiger partial charge is 0.230 e. The van der Waals surface area contributed by atoms with Gasteiger partial charge in [-0.1, -0.05) is 48.0 Å². The molecule has 5 nitrogen and oxygen atoms in total. The molecule has 0 unspecified atom stereocenters. The Morgan fingerprint density at radius 1 is 1.12 bits per heavy atom. The van der Waals surface area contributed by atoms with Crippen molar-refractivity contribution in [2.24, 2.45) is 0 Å². The van der Waals surface area contributed by atoms with E-state index in [0.29, 0.717) is 18.1 Å². The minimum absolute atomic E-state index is 0.0321. The maximum Gasteiger partial charge on any atom is 0.230 e. The quantitative estimate of drug-likeness (QED) is 0.723. The van der Waals surface area contributed by atoms with E-state index in [-0.39, 0.29) is 5.91 Å². The molecule has 0 fully saturated rings. The van der Waals surface area contributed by atoms with E-state index in [0.717, 1.165) is 16.7 Å². The third kappa shape index (κ3) is 4.11. The fourth-order valence-corrected chi connectivity index (χ4v) is 2.89. The lowest BCUT2D eigenvalue weighted by atomic mass is 9.83. The van der Waals surface area contributed by atoms with Crippen LogP contribution in [-0.4, -0.2) is 20.7 Å². The first kappa shape index (κ1) is 18.1. The van der Waals surface area contributed by atoms with Gasteiger partial charge in [-0.05, 0) is 42.7 Å². The molecule has 0 radical (unpaired) electrons. The van der Waals surface area contributed by atoms with Gasteiger partial charge in [-0.3, -0.25) is 4.79 Å². The second-order valence-electron chi connectivity index (χ2n) is 6.68. The van der Waals surface area contributed by atoms with Crippen LogP contribution in [0.15, 0.2) is 61.2 Å². The highest BCUT2D eigenvalue weighted by atomic mass is 35.5. The van der Waals surface area contributed by atoms with Gasteiger partial charge in [0.1, 0.15) is 12.7 Å². The standard InChI is InChI=1S/C20H21ClN4O/c1-20(2,17-7-9-18(21)10-8-17)19(26)23-11-15-5-3-4-6-16(15)12-25-14-22-13-24-25/h3-10,13-14H,11-12H2,1-2H3,(H,23,26).